The van der Waals surface area contributed by atoms with Crippen molar-refractivity contribution in [3.8, 4) is 0 Å². The van der Waals surface area contributed by atoms with Crippen LogP contribution in [-0.4, -0.2) is 29.8 Å². The highest BCUT2D eigenvalue weighted by molar-refractivity contribution is 5.60. The van der Waals surface area contributed by atoms with Crippen molar-refractivity contribution in [1.82, 2.24) is 9.55 Å². The quantitative estimate of drug-likeness (QED) is 0.595. The molecule has 7 heteroatoms. The first-order valence-corrected chi connectivity index (χ1v) is 5.97. The van der Waals surface area contributed by atoms with Crippen molar-refractivity contribution in [2.45, 2.75) is 26.3 Å². The van der Waals surface area contributed by atoms with E-state index in [1.165, 1.54) is 4.57 Å². The summed E-state index contributed by atoms with van der Waals surface area (Å²) in [6.07, 6.45) is 1.77. The van der Waals surface area contributed by atoms with Gasteiger partial charge in [-0.1, -0.05) is 13.3 Å². The second-order valence-corrected chi connectivity index (χ2v) is 3.94. The van der Waals surface area contributed by atoms with E-state index in [1.807, 2.05) is 6.92 Å². The molecule has 4 N–H and O–H groups in total. The summed E-state index contributed by atoms with van der Waals surface area (Å²) in [4.78, 5) is 25.5. The largest absolute Gasteiger partial charge is 0.383 e. The summed E-state index contributed by atoms with van der Waals surface area (Å²) in [7, 11) is 1.57. The Morgan fingerprint density at radius 1 is 1.44 bits per heavy atom. The summed E-state index contributed by atoms with van der Waals surface area (Å²) >= 11 is 0. The Morgan fingerprint density at radius 2 is 2.17 bits per heavy atom. The molecule has 0 amide bonds. The zero-order chi connectivity index (χ0) is 13.5. The smallest absolute Gasteiger partial charge is 0.330 e. The molecule has 0 radical (unpaired) electrons. The molecule has 1 aromatic rings. The lowest BCUT2D eigenvalue weighted by molar-refractivity contribution is 0.210. The van der Waals surface area contributed by atoms with Crippen molar-refractivity contribution in [2.24, 2.45) is 0 Å². The first-order chi connectivity index (χ1) is 8.61. The zero-order valence-corrected chi connectivity index (χ0v) is 10.8. The highest BCUT2D eigenvalue weighted by atomic mass is 16.5. The number of nitrogens with one attached hydrogen (secondary N) is 2. The van der Waals surface area contributed by atoms with E-state index >= 15 is 0 Å². The van der Waals surface area contributed by atoms with Crippen LogP contribution >= 0.6 is 0 Å². The molecular formula is C11H20N4O3. The third-order valence-corrected chi connectivity index (χ3v) is 2.58. The number of ether oxygens (including phenoxy) is 1. The fourth-order valence-corrected chi connectivity index (χ4v) is 1.57. The molecule has 1 aromatic heterocycles. The molecule has 0 aliphatic rings. The lowest BCUT2D eigenvalue weighted by Gasteiger charge is -2.13. The maximum atomic E-state index is 11.6. The second kappa shape index (κ2) is 6.85. The Balaban J connectivity index is 3.02. The Kier molecular flexibility index (Phi) is 5.44. The Bertz CT molecular complexity index is 492. The van der Waals surface area contributed by atoms with Gasteiger partial charge < -0.3 is 15.8 Å². The van der Waals surface area contributed by atoms with Gasteiger partial charge in [0.1, 0.15) is 11.5 Å². The lowest BCUT2D eigenvalue weighted by atomic mass is 10.3. The number of aromatic nitrogens is 2. The molecule has 1 rings (SSSR count). The van der Waals surface area contributed by atoms with E-state index in [0.717, 1.165) is 12.8 Å². The van der Waals surface area contributed by atoms with Gasteiger partial charge in [-0.05, 0) is 6.42 Å². The maximum absolute atomic E-state index is 11.6. The number of nitrogens with two attached hydrogens (primary N) is 1. The van der Waals surface area contributed by atoms with E-state index in [2.05, 4.69) is 10.3 Å². The first kappa shape index (κ1) is 14.3. The van der Waals surface area contributed by atoms with Gasteiger partial charge in [-0.3, -0.25) is 14.3 Å². The van der Waals surface area contributed by atoms with Crippen molar-refractivity contribution < 1.29 is 4.74 Å². The summed E-state index contributed by atoms with van der Waals surface area (Å²) in [6.45, 7) is 3.42. The third kappa shape index (κ3) is 3.36. The fraction of sp³-hybridized carbons (Fsp3) is 0.636. The summed E-state index contributed by atoms with van der Waals surface area (Å²) in [6, 6.07) is 0. The van der Waals surface area contributed by atoms with Crippen LogP contribution in [0.15, 0.2) is 9.59 Å². The Labute approximate surface area is 105 Å². The molecule has 0 aliphatic heterocycles. The van der Waals surface area contributed by atoms with Gasteiger partial charge in [-0.2, -0.15) is 0 Å². The van der Waals surface area contributed by atoms with Crippen LogP contribution in [0.25, 0.3) is 0 Å². The molecule has 102 valence electrons. The molecule has 18 heavy (non-hydrogen) atoms. The van der Waals surface area contributed by atoms with Gasteiger partial charge in [-0.25, -0.2) is 4.79 Å². The highest BCUT2D eigenvalue weighted by Gasteiger charge is 2.11. The fourth-order valence-electron chi connectivity index (χ4n) is 1.57. The van der Waals surface area contributed by atoms with Crippen LogP contribution in [0.4, 0.5) is 11.5 Å². The predicted molar refractivity (Wildman–Crippen MR) is 71.0 cm³/mol. The Morgan fingerprint density at radius 3 is 2.78 bits per heavy atom. The Hall–Kier alpha value is -1.76. The van der Waals surface area contributed by atoms with Crippen LogP contribution in [0, 0.1) is 0 Å². The van der Waals surface area contributed by atoms with Crippen LogP contribution in [0.5, 0.6) is 0 Å². The topological polar surface area (TPSA) is 102 Å². The number of hydrogen-bond acceptors (Lipinski definition) is 5. The number of H-pyrrole nitrogens is 1. The minimum absolute atomic E-state index is 0.174. The number of nitrogen functional groups attached to an aromatic ring is 1. The van der Waals surface area contributed by atoms with E-state index in [0.29, 0.717) is 19.7 Å². The van der Waals surface area contributed by atoms with Crippen molar-refractivity contribution in [1.29, 1.82) is 0 Å². The molecular weight excluding hydrogens is 236 g/mol. The van der Waals surface area contributed by atoms with Gasteiger partial charge in [0.2, 0.25) is 0 Å². The molecule has 0 atom stereocenters. The minimum Gasteiger partial charge on any atom is -0.383 e. The van der Waals surface area contributed by atoms with Gasteiger partial charge in [-0.15, -0.1) is 0 Å². The van der Waals surface area contributed by atoms with Crippen LogP contribution in [0.3, 0.4) is 0 Å². The molecule has 0 saturated carbocycles. The molecule has 0 unspecified atom stereocenters. The SMILES string of the molecule is CCCCn1c(N)c(NCCOC)c(=O)[nH]c1=O. The summed E-state index contributed by atoms with van der Waals surface area (Å²) in [5, 5.41) is 2.87. The van der Waals surface area contributed by atoms with Crippen LogP contribution < -0.4 is 22.3 Å². The maximum Gasteiger partial charge on any atom is 0.330 e. The van der Waals surface area contributed by atoms with Gasteiger partial charge in [0.15, 0.2) is 0 Å². The molecule has 0 saturated heterocycles. The number of anilines is 2. The van der Waals surface area contributed by atoms with E-state index in [-0.39, 0.29) is 11.5 Å². The van der Waals surface area contributed by atoms with Crippen LogP contribution in [0.1, 0.15) is 19.8 Å². The van der Waals surface area contributed by atoms with E-state index in [4.69, 9.17) is 10.5 Å². The van der Waals surface area contributed by atoms with Crippen LogP contribution in [0.2, 0.25) is 0 Å². The number of hydrogen-bond donors (Lipinski definition) is 3. The molecule has 1 heterocycles. The summed E-state index contributed by atoms with van der Waals surface area (Å²) < 4.78 is 6.25. The number of methoxy groups -OCH3 is 1. The average molecular weight is 256 g/mol. The van der Waals surface area contributed by atoms with Crippen molar-refractivity contribution in [3.05, 3.63) is 20.8 Å². The van der Waals surface area contributed by atoms with E-state index in [9.17, 15) is 9.59 Å². The van der Waals surface area contributed by atoms with Gasteiger partial charge in [0, 0.05) is 20.2 Å². The van der Waals surface area contributed by atoms with Crippen molar-refractivity contribution in [2.75, 3.05) is 31.3 Å². The van der Waals surface area contributed by atoms with Crippen molar-refractivity contribution >= 4 is 11.5 Å². The minimum atomic E-state index is -0.499. The van der Waals surface area contributed by atoms with Gasteiger partial charge in [0.05, 0.1) is 6.61 Å². The molecule has 0 spiro atoms. The second-order valence-electron chi connectivity index (χ2n) is 3.94. The number of rotatable bonds is 7. The number of nitrogens with zero attached hydrogens (tertiary/aromatic N) is 1. The molecule has 0 fully saturated rings. The van der Waals surface area contributed by atoms with E-state index < -0.39 is 11.2 Å². The van der Waals surface area contributed by atoms with E-state index in [1.54, 1.807) is 7.11 Å². The zero-order valence-electron chi connectivity index (χ0n) is 10.8. The molecule has 0 aromatic carbocycles. The predicted octanol–water partition coefficient (Wildman–Crippen LogP) is -0.0228. The summed E-state index contributed by atoms with van der Waals surface area (Å²) in [5.41, 5.74) is 5.10. The number of aromatic amines is 1. The average Bonchev–Trinajstić information content (AvgIpc) is 2.33. The third-order valence-electron chi connectivity index (χ3n) is 2.58. The summed E-state index contributed by atoms with van der Waals surface area (Å²) in [5.74, 6) is 0.174. The molecule has 0 bridgehead atoms. The first-order valence-electron chi connectivity index (χ1n) is 5.97. The normalized spacial score (nSPS) is 10.6. The highest BCUT2D eigenvalue weighted by Crippen LogP contribution is 2.10. The van der Waals surface area contributed by atoms with Gasteiger partial charge >= 0.3 is 5.69 Å². The molecule has 0 aliphatic carbocycles. The monoisotopic (exact) mass is 256 g/mol. The van der Waals surface area contributed by atoms with Gasteiger partial charge in [0.25, 0.3) is 5.56 Å². The van der Waals surface area contributed by atoms with Crippen LogP contribution in [-0.2, 0) is 11.3 Å². The van der Waals surface area contributed by atoms with Crippen molar-refractivity contribution in [3.63, 3.8) is 0 Å². The lowest BCUT2D eigenvalue weighted by Crippen LogP contribution is -2.34. The standard InChI is InChI=1S/C11H20N4O3/c1-3-4-6-15-9(12)8(13-5-7-18-2)10(16)14-11(15)17/h13H,3-7,12H2,1-2H3,(H,14,16,17). The number of unbranched alkanes of at least 4 members (excludes halogenated alkanes) is 1. The molecule has 7 nitrogen and oxygen atoms in total.